The van der Waals surface area contributed by atoms with Gasteiger partial charge in [0.1, 0.15) is 17.7 Å². The largest absolute Gasteiger partial charge is 0.482 e. The number of fused-ring (bicyclic) bond motifs is 2. The lowest BCUT2D eigenvalue weighted by Crippen LogP contribution is -2.83. The van der Waals surface area contributed by atoms with Gasteiger partial charge in [-0.25, -0.2) is 4.79 Å². The summed E-state index contributed by atoms with van der Waals surface area (Å²) in [5, 5.41) is 24.4. The van der Waals surface area contributed by atoms with Crippen LogP contribution in [0.15, 0.2) is 12.1 Å². The van der Waals surface area contributed by atoms with Crippen molar-refractivity contribution in [3.8, 4) is 11.5 Å². The highest BCUT2D eigenvalue weighted by molar-refractivity contribution is 5.86. The topological polar surface area (TPSA) is 135 Å². The van der Waals surface area contributed by atoms with E-state index in [0.717, 1.165) is 56.7 Å². The summed E-state index contributed by atoms with van der Waals surface area (Å²) < 4.78 is 19.8. The molecule has 5 aliphatic carbocycles. The molecule has 264 valence electrons. The first-order valence-corrected chi connectivity index (χ1v) is 18.1. The molecule has 10 heteroatoms. The summed E-state index contributed by atoms with van der Waals surface area (Å²) >= 11 is 0. The molecule has 1 aromatic carbocycles. The average Bonchev–Trinajstić information content (AvgIpc) is 3.76. The predicted octanol–water partition coefficient (Wildman–Crippen LogP) is 4.62. The van der Waals surface area contributed by atoms with Gasteiger partial charge < -0.3 is 29.7 Å². The second-order valence-electron chi connectivity index (χ2n) is 17.4. The second-order valence-corrected chi connectivity index (χ2v) is 17.4. The normalized spacial score (nSPS) is 35.0. The van der Waals surface area contributed by atoms with Crippen LogP contribution in [-0.4, -0.2) is 82.5 Å². The van der Waals surface area contributed by atoms with Gasteiger partial charge in [-0.1, -0.05) is 40.7 Å². The Labute approximate surface area is 284 Å². The maximum absolute atomic E-state index is 13.2. The molecule has 2 heterocycles. The highest BCUT2D eigenvalue weighted by atomic mass is 16.6. The molecule has 2 aliphatic heterocycles. The predicted molar refractivity (Wildman–Crippen MR) is 178 cm³/mol. The van der Waals surface area contributed by atoms with Crippen molar-refractivity contribution in [1.29, 1.82) is 0 Å². The molecular formula is C38H54N2O8. The van der Waals surface area contributed by atoms with Crippen LogP contribution in [0.1, 0.15) is 104 Å². The van der Waals surface area contributed by atoms with E-state index < -0.39 is 40.5 Å². The molecule has 1 saturated heterocycles. The van der Waals surface area contributed by atoms with Gasteiger partial charge in [0.05, 0.1) is 12.0 Å². The van der Waals surface area contributed by atoms with Gasteiger partial charge in [-0.2, -0.15) is 0 Å². The maximum Gasteiger partial charge on any atom is 0.326 e. The van der Waals surface area contributed by atoms with E-state index in [1.807, 2.05) is 13.0 Å². The molecule has 0 aromatic heterocycles. The van der Waals surface area contributed by atoms with Crippen LogP contribution in [0.3, 0.4) is 0 Å². The van der Waals surface area contributed by atoms with Crippen molar-refractivity contribution in [1.82, 2.24) is 10.2 Å². The van der Waals surface area contributed by atoms with E-state index in [2.05, 4.69) is 37.1 Å². The zero-order chi connectivity index (χ0) is 34.6. The van der Waals surface area contributed by atoms with Gasteiger partial charge in [0.25, 0.3) is 0 Å². The fourth-order valence-electron chi connectivity index (χ4n) is 10.8. The number of carbonyl (C=O) groups excluding carboxylic acids is 2. The number of carboxylic acid groups (broad SMARTS) is 1. The number of carbonyl (C=O) groups is 3. The first kappa shape index (κ1) is 33.8. The number of aliphatic carboxylic acids is 1. The molecule has 48 heavy (non-hydrogen) atoms. The summed E-state index contributed by atoms with van der Waals surface area (Å²) in [5.41, 5.74) is -0.206. The monoisotopic (exact) mass is 666 g/mol. The van der Waals surface area contributed by atoms with Crippen molar-refractivity contribution in [2.45, 2.75) is 134 Å². The summed E-state index contributed by atoms with van der Waals surface area (Å²) in [6, 6.07) is 3.25. The quantitative estimate of drug-likeness (QED) is 0.229. The second kappa shape index (κ2) is 11.2. The molecular weight excluding hydrogens is 612 g/mol. The lowest BCUT2D eigenvalue weighted by molar-refractivity contribution is -0.312. The van der Waals surface area contributed by atoms with Crippen molar-refractivity contribution in [3.05, 3.63) is 23.3 Å². The molecule has 8 rings (SSSR count). The number of esters is 1. The van der Waals surface area contributed by atoms with Gasteiger partial charge in [-0.3, -0.25) is 14.5 Å². The molecule has 4 bridgehead atoms. The minimum absolute atomic E-state index is 0.124. The zero-order valence-electron chi connectivity index (χ0n) is 29.7. The molecule has 10 nitrogen and oxygen atoms in total. The van der Waals surface area contributed by atoms with Crippen LogP contribution in [0.4, 0.5) is 0 Å². The molecule has 7 aliphatic rings. The van der Waals surface area contributed by atoms with Crippen molar-refractivity contribution < 1.29 is 38.8 Å². The number of hydrogen-bond donors (Lipinski definition) is 3. The first-order valence-electron chi connectivity index (χ1n) is 18.1. The Hall–Kier alpha value is -2.69. The Kier molecular flexibility index (Phi) is 7.85. The van der Waals surface area contributed by atoms with E-state index in [1.165, 1.54) is 18.4 Å². The van der Waals surface area contributed by atoms with Gasteiger partial charge in [-0.15, -0.1) is 0 Å². The number of likely N-dealkylation sites (tertiary alicyclic amines) is 1. The number of ether oxygens (including phenoxy) is 3. The SMILES string of the molecule is CO[C@]12CC[C@@]3(C[C@@H]1[C@@](C)(O)C(C)(C)C)[C@H]1Cc4ccc(OC(=O)CCC(=O)NC(C(=O)O)C(C)C)c5c4[C@@]3(CCN1CC1CC1)[C@H]2O5. The van der Waals surface area contributed by atoms with E-state index in [9.17, 15) is 24.6 Å². The van der Waals surface area contributed by atoms with Crippen LogP contribution in [0.25, 0.3) is 0 Å². The van der Waals surface area contributed by atoms with Crippen molar-refractivity contribution in [2.24, 2.45) is 28.6 Å². The first-order chi connectivity index (χ1) is 22.5. The molecule has 5 fully saturated rings. The molecule has 1 amide bonds. The van der Waals surface area contributed by atoms with Gasteiger partial charge in [-0.05, 0) is 87.3 Å². The molecule has 1 aromatic rings. The third kappa shape index (κ3) is 4.64. The van der Waals surface area contributed by atoms with E-state index in [0.29, 0.717) is 17.5 Å². The molecule has 4 saturated carbocycles. The smallest absolute Gasteiger partial charge is 0.326 e. The number of nitrogens with zero attached hydrogens (tertiary/aromatic N) is 1. The van der Waals surface area contributed by atoms with Crippen LogP contribution in [0.5, 0.6) is 11.5 Å². The third-order valence-electron chi connectivity index (χ3n) is 13.9. The Morgan fingerprint density at radius 3 is 2.46 bits per heavy atom. The fraction of sp³-hybridized carbons (Fsp3) is 0.763. The summed E-state index contributed by atoms with van der Waals surface area (Å²) in [5.74, 6) is -0.911. The number of methoxy groups -OCH3 is 1. The number of rotatable bonds is 11. The fourth-order valence-corrected chi connectivity index (χ4v) is 10.8. The number of nitrogens with one attached hydrogen (secondary N) is 1. The Balaban J connectivity index is 1.24. The standard InChI is InChI=1S/C38H54N2O8/c1-21(2)30(32(43)44)39-27(41)12-13-28(42)47-24-11-10-23-18-26-36-14-15-38(46-7,25(19-36)35(6,45)34(3,4)5)33-37(36,29(23)31(24)48-33)16-17-40(26)20-22-8-9-22/h10-11,21-22,25-26,30,33,45H,8-9,12-20H2,1-7H3,(H,39,41)(H,43,44)/t25-,26-,30?,33-,35-,36-,37+,38-/m1/s1. The average molecular weight is 667 g/mol. The van der Waals surface area contributed by atoms with E-state index >= 15 is 0 Å². The van der Waals surface area contributed by atoms with Gasteiger partial charge in [0.15, 0.2) is 11.5 Å². The maximum atomic E-state index is 13.2. The summed E-state index contributed by atoms with van der Waals surface area (Å²) in [4.78, 5) is 40.1. The van der Waals surface area contributed by atoms with E-state index in [4.69, 9.17) is 14.2 Å². The molecule has 8 atom stereocenters. The van der Waals surface area contributed by atoms with Gasteiger partial charge in [0.2, 0.25) is 5.91 Å². The summed E-state index contributed by atoms with van der Waals surface area (Å²) in [6.45, 7) is 13.9. The number of aliphatic hydroxyl groups is 1. The Bertz CT molecular complexity index is 1510. The highest BCUT2D eigenvalue weighted by Gasteiger charge is 2.82. The number of piperidine rings is 1. The molecule has 2 spiro atoms. The highest BCUT2D eigenvalue weighted by Crippen LogP contribution is 2.78. The van der Waals surface area contributed by atoms with Crippen LogP contribution in [0, 0.1) is 28.6 Å². The number of hydrogen-bond acceptors (Lipinski definition) is 8. The van der Waals surface area contributed by atoms with Crippen LogP contribution < -0.4 is 14.8 Å². The van der Waals surface area contributed by atoms with Crippen molar-refractivity contribution in [3.63, 3.8) is 0 Å². The Morgan fingerprint density at radius 2 is 1.83 bits per heavy atom. The number of benzene rings is 1. The molecule has 1 unspecified atom stereocenters. The summed E-state index contributed by atoms with van der Waals surface area (Å²) in [6.07, 6.45) is 6.35. The van der Waals surface area contributed by atoms with Crippen LogP contribution in [0.2, 0.25) is 0 Å². The van der Waals surface area contributed by atoms with E-state index in [-0.39, 0.29) is 41.6 Å². The van der Waals surface area contributed by atoms with Crippen molar-refractivity contribution in [2.75, 3.05) is 20.2 Å². The lowest BCUT2D eigenvalue weighted by atomic mass is 9.33. The van der Waals surface area contributed by atoms with Crippen LogP contribution in [-0.2, 0) is 31.0 Å². The minimum atomic E-state index is -1.11. The Morgan fingerprint density at radius 1 is 1.10 bits per heavy atom. The zero-order valence-corrected chi connectivity index (χ0v) is 29.7. The third-order valence-corrected chi connectivity index (χ3v) is 13.9. The van der Waals surface area contributed by atoms with Gasteiger partial charge in [0, 0.05) is 48.4 Å². The lowest BCUT2D eigenvalue weighted by Gasteiger charge is -2.75. The van der Waals surface area contributed by atoms with Crippen molar-refractivity contribution >= 4 is 17.8 Å². The summed E-state index contributed by atoms with van der Waals surface area (Å²) in [7, 11) is 1.77. The minimum Gasteiger partial charge on any atom is -0.482 e. The van der Waals surface area contributed by atoms with Crippen LogP contribution >= 0.6 is 0 Å². The number of carboxylic acids is 1. The molecule has 0 radical (unpaired) electrons. The molecule has 3 N–H and O–H groups in total. The number of amides is 1. The van der Waals surface area contributed by atoms with E-state index in [1.54, 1.807) is 21.0 Å². The van der Waals surface area contributed by atoms with Gasteiger partial charge >= 0.3 is 11.9 Å².